The first-order chi connectivity index (χ1) is 14.8. The number of ether oxygens (including phenoxy) is 1. The highest BCUT2D eigenvalue weighted by molar-refractivity contribution is 5.97. The second-order valence-electron chi connectivity index (χ2n) is 6.42. The highest BCUT2D eigenvalue weighted by atomic mass is 19.4. The number of halogens is 6. The molecule has 0 aromatic heterocycles. The minimum atomic E-state index is -4.72. The van der Waals surface area contributed by atoms with E-state index in [0.717, 1.165) is 37.3 Å². The van der Waals surface area contributed by atoms with E-state index in [2.05, 4.69) is 5.32 Å². The quantitative estimate of drug-likeness (QED) is 0.502. The number of nitrogens with one attached hydrogen (secondary N) is 2. The molecule has 32 heavy (non-hydrogen) atoms. The Morgan fingerprint density at radius 3 is 2.06 bits per heavy atom. The van der Waals surface area contributed by atoms with Gasteiger partial charge in [-0.15, -0.1) is 0 Å². The topological polar surface area (TPSA) is 84.5 Å². The van der Waals surface area contributed by atoms with Crippen LogP contribution >= 0.6 is 0 Å². The Hall–Kier alpha value is -3.57. The Morgan fingerprint density at radius 1 is 0.906 bits per heavy atom. The van der Waals surface area contributed by atoms with Crippen molar-refractivity contribution >= 4 is 23.5 Å². The number of rotatable bonds is 6. The molecule has 1 atom stereocenters. The van der Waals surface area contributed by atoms with Gasteiger partial charge in [0.15, 0.2) is 6.10 Å². The van der Waals surface area contributed by atoms with E-state index in [1.54, 1.807) is 0 Å². The van der Waals surface area contributed by atoms with Crippen LogP contribution in [0.2, 0.25) is 0 Å². The Bertz CT molecular complexity index is 987. The molecule has 0 bridgehead atoms. The summed E-state index contributed by atoms with van der Waals surface area (Å²) >= 11 is 0. The molecule has 2 N–H and O–H groups in total. The lowest BCUT2D eigenvalue weighted by Gasteiger charge is -2.17. The van der Waals surface area contributed by atoms with E-state index >= 15 is 0 Å². The lowest BCUT2D eigenvalue weighted by atomic mass is 10.1. The van der Waals surface area contributed by atoms with Crippen LogP contribution < -0.4 is 10.6 Å². The normalized spacial score (nSPS) is 12.6. The van der Waals surface area contributed by atoms with Gasteiger partial charge in [0.25, 0.3) is 11.8 Å². The summed E-state index contributed by atoms with van der Waals surface area (Å²) in [7, 11) is 0. The predicted octanol–water partition coefficient (Wildman–Crippen LogP) is 4.02. The van der Waals surface area contributed by atoms with Gasteiger partial charge in [0.05, 0.1) is 16.8 Å². The largest absolute Gasteiger partial charge is 0.451 e. The fourth-order valence-electron chi connectivity index (χ4n) is 2.43. The molecular weight excluding hydrogens is 446 g/mol. The molecular formula is C20H16F6N2O4. The van der Waals surface area contributed by atoms with E-state index in [0.29, 0.717) is 12.1 Å². The van der Waals surface area contributed by atoms with Crippen LogP contribution in [-0.2, 0) is 26.7 Å². The first-order valence-corrected chi connectivity index (χ1v) is 8.91. The van der Waals surface area contributed by atoms with Gasteiger partial charge in [-0.25, -0.2) is 0 Å². The van der Waals surface area contributed by atoms with E-state index in [4.69, 9.17) is 4.74 Å². The monoisotopic (exact) mass is 462 g/mol. The van der Waals surface area contributed by atoms with Gasteiger partial charge in [0.2, 0.25) is 0 Å². The van der Waals surface area contributed by atoms with Gasteiger partial charge < -0.3 is 15.4 Å². The summed E-state index contributed by atoms with van der Waals surface area (Å²) in [6.45, 7) is 0.387. The molecule has 12 heteroatoms. The van der Waals surface area contributed by atoms with Crippen molar-refractivity contribution in [2.75, 3.05) is 11.9 Å². The van der Waals surface area contributed by atoms with Crippen LogP contribution in [0.5, 0.6) is 0 Å². The van der Waals surface area contributed by atoms with Crippen molar-refractivity contribution in [3.8, 4) is 0 Å². The summed E-state index contributed by atoms with van der Waals surface area (Å²) in [4.78, 5) is 35.8. The molecule has 1 unspecified atom stereocenters. The molecule has 0 spiro atoms. The molecule has 2 aromatic rings. The fourth-order valence-corrected chi connectivity index (χ4v) is 2.43. The number of anilines is 1. The summed E-state index contributed by atoms with van der Waals surface area (Å²) in [6, 6.07) is 7.42. The van der Waals surface area contributed by atoms with Crippen LogP contribution in [0.4, 0.5) is 32.0 Å². The number of hydrogen-bond acceptors (Lipinski definition) is 4. The third-order valence-corrected chi connectivity index (χ3v) is 4.04. The maximum absolute atomic E-state index is 13.0. The van der Waals surface area contributed by atoms with Gasteiger partial charge in [0, 0.05) is 5.56 Å². The van der Waals surface area contributed by atoms with Crippen molar-refractivity contribution < 1.29 is 45.5 Å². The third-order valence-electron chi connectivity index (χ3n) is 4.04. The van der Waals surface area contributed by atoms with Gasteiger partial charge in [-0.1, -0.05) is 12.1 Å². The number of benzene rings is 2. The Labute approximate surface area is 177 Å². The molecule has 172 valence electrons. The number of carbonyl (C=O) groups is 3. The third kappa shape index (κ3) is 6.72. The average molecular weight is 462 g/mol. The fraction of sp³-hybridized carbons (Fsp3) is 0.250. The van der Waals surface area contributed by atoms with Gasteiger partial charge in [-0.05, 0) is 43.3 Å². The van der Waals surface area contributed by atoms with E-state index in [9.17, 15) is 40.7 Å². The zero-order valence-corrected chi connectivity index (χ0v) is 16.3. The number of esters is 1. The Balaban J connectivity index is 1.89. The average Bonchev–Trinajstić information content (AvgIpc) is 2.71. The number of para-hydroxylation sites is 1. The van der Waals surface area contributed by atoms with Crippen LogP contribution in [-0.4, -0.2) is 30.4 Å². The summed E-state index contributed by atoms with van der Waals surface area (Å²) in [5.74, 6) is -2.99. The molecule has 2 rings (SSSR count). The number of hydrogen-bond donors (Lipinski definition) is 2. The molecule has 0 aliphatic rings. The number of carbonyl (C=O) groups excluding carboxylic acids is 3. The maximum Gasteiger partial charge on any atom is 0.418 e. The zero-order chi connectivity index (χ0) is 24.1. The first-order valence-electron chi connectivity index (χ1n) is 8.91. The first kappa shape index (κ1) is 24.7. The van der Waals surface area contributed by atoms with Gasteiger partial charge in [0.1, 0.15) is 6.54 Å². The van der Waals surface area contributed by atoms with E-state index in [-0.39, 0.29) is 5.56 Å². The predicted molar refractivity (Wildman–Crippen MR) is 99.4 cm³/mol. The number of amides is 2. The molecule has 0 saturated carbocycles. The lowest BCUT2D eigenvalue weighted by Crippen LogP contribution is -2.36. The maximum atomic E-state index is 13.0. The smallest absolute Gasteiger partial charge is 0.418 e. The molecule has 2 amide bonds. The highest BCUT2D eigenvalue weighted by Gasteiger charge is 2.34. The van der Waals surface area contributed by atoms with E-state index in [1.807, 2.05) is 5.32 Å². The molecule has 6 nitrogen and oxygen atoms in total. The minimum Gasteiger partial charge on any atom is -0.451 e. The van der Waals surface area contributed by atoms with Gasteiger partial charge >= 0.3 is 18.3 Å². The van der Waals surface area contributed by atoms with Crippen molar-refractivity contribution in [1.29, 1.82) is 0 Å². The zero-order valence-electron chi connectivity index (χ0n) is 16.3. The van der Waals surface area contributed by atoms with Crippen molar-refractivity contribution in [3.05, 3.63) is 65.2 Å². The summed E-state index contributed by atoms with van der Waals surface area (Å²) in [5, 5.41) is 4.12. The molecule has 0 heterocycles. The van der Waals surface area contributed by atoms with Crippen molar-refractivity contribution in [3.63, 3.8) is 0 Å². The highest BCUT2D eigenvalue weighted by Crippen LogP contribution is 2.34. The van der Waals surface area contributed by atoms with Crippen LogP contribution in [0.15, 0.2) is 48.5 Å². The van der Waals surface area contributed by atoms with Crippen LogP contribution in [0.3, 0.4) is 0 Å². The molecule has 0 aliphatic heterocycles. The van der Waals surface area contributed by atoms with Gasteiger partial charge in [-0.3, -0.25) is 14.4 Å². The molecule has 0 radical (unpaired) electrons. The van der Waals surface area contributed by atoms with Crippen molar-refractivity contribution in [2.24, 2.45) is 0 Å². The van der Waals surface area contributed by atoms with E-state index in [1.165, 1.54) is 6.07 Å². The summed E-state index contributed by atoms with van der Waals surface area (Å²) in [5.41, 5.74) is -2.72. The standard InChI is InChI=1S/C20H16F6N2O4/c1-11(17(30)28-15-5-3-2-4-14(15)20(24,25)26)32-16(29)10-27-18(31)12-6-8-13(9-7-12)19(21,22)23/h2-9,11H,10H2,1H3,(H,27,31)(H,28,30). The van der Waals surface area contributed by atoms with Crippen molar-refractivity contribution in [1.82, 2.24) is 5.32 Å². The lowest BCUT2D eigenvalue weighted by molar-refractivity contribution is -0.152. The number of alkyl halides is 6. The molecule has 0 aliphatic carbocycles. The van der Waals surface area contributed by atoms with Crippen LogP contribution in [0.1, 0.15) is 28.4 Å². The van der Waals surface area contributed by atoms with E-state index < -0.39 is 59.6 Å². The Morgan fingerprint density at radius 2 is 1.50 bits per heavy atom. The Kier molecular flexibility index (Phi) is 7.49. The summed E-state index contributed by atoms with van der Waals surface area (Å²) in [6.07, 6.45) is -10.8. The molecule has 2 aromatic carbocycles. The SMILES string of the molecule is CC(OC(=O)CNC(=O)c1ccc(C(F)(F)F)cc1)C(=O)Nc1ccccc1C(F)(F)F. The second-order valence-corrected chi connectivity index (χ2v) is 6.42. The second kappa shape index (κ2) is 9.71. The summed E-state index contributed by atoms with van der Waals surface area (Å²) < 4.78 is 81.3. The minimum absolute atomic E-state index is 0.152. The van der Waals surface area contributed by atoms with Crippen LogP contribution in [0.25, 0.3) is 0 Å². The molecule has 0 fully saturated rings. The molecule has 0 saturated heterocycles. The van der Waals surface area contributed by atoms with Gasteiger partial charge in [-0.2, -0.15) is 26.3 Å². The van der Waals surface area contributed by atoms with Crippen LogP contribution in [0, 0.1) is 0 Å². The van der Waals surface area contributed by atoms with Crippen molar-refractivity contribution in [2.45, 2.75) is 25.4 Å².